The maximum absolute atomic E-state index is 13.0. The number of nitrogens with one attached hydrogen (secondary N) is 4. The van der Waals surface area contributed by atoms with Crippen molar-refractivity contribution < 1.29 is 14.7 Å². The van der Waals surface area contributed by atoms with Gasteiger partial charge in [0.15, 0.2) is 0 Å². The van der Waals surface area contributed by atoms with Crippen LogP contribution in [-0.4, -0.2) is 46.8 Å². The number of aliphatic hydroxyl groups is 1. The lowest BCUT2D eigenvalue weighted by Gasteiger charge is -2.30. The molecule has 1 aromatic carbocycles. The first-order chi connectivity index (χ1) is 15.4. The number of H-pyrrole nitrogens is 1. The summed E-state index contributed by atoms with van der Waals surface area (Å²) in [5.74, 6) is -0.461. The van der Waals surface area contributed by atoms with E-state index in [2.05, 4.69) is 27.0 Å². The predicted molar refractivity (Wildman–Crippen MR) is 121 cm³/mol. The molecule has 2 aromatic rings. The fraction of sp³-hybridized carbons (Fsp3) is 0.522. The minimum atomic E-state index is -0.734. The summed E-state index contributed by atoms with van der Waals surface area (Å²) in [7, 11) is 0. The van der Waals surface area contributed by atoms with Gasteiger partial charge in [-0.2, -0.15) is 5.26 Å². The second kappa shape index (κ2) is 9.90. The number of amides is 2. The van der Waals surface area contributed by atoms with E-state index < -0.39 is 24.2 Å². The van der Waals surface area contributed by atoms with Crippen LogP contribution in [0.3, 0.4) is 0 Å². The highest BCUT2D eigenvalue weighted by Crippen LogP contribution is 2.34. The molecule has 2 fully saturated rings. The number of hydrogen-bond acceptors (Lipinski definition) is 5. The Hall–Kier alpha value is -2.60. The Morgan fingerprint density at radius 1 is 1.25 bits per heavy atom. The fourth-order valence-electron chi connectivity index (χ4n) is 4.30. The maximum atomic E-state index is 13.0. The molecule has 2 amide bonds. The number of nitrogens with zero attached hydrogens (tertiary/aromatic N) is 1. The fourth-order valence-corrected chi connectivity index (χ4v) is 4.53. The van der Waals surface area contributed by atoms with Gasteiger partial charge in [0.05, 0.1) is 16.6 Å². The minimum Gasteiger partial charge on any atom is -0.378 e. The summed E-state index contributed by atoms with van der Waals surface area (Å²) in [5.41, 5.74) is 1.00. The number of carbonyl (C=O) groups is 2. The zero-order valence-electron chi connectivity index (χ0n) is 17.7. The number of aromatic amines is 1. The van der Waals surface area contributed by atoms with Crippen molar-refractivity contribution in [2.75, 3.05) is 6.54 Å². The van der Waals surface area contributed by atoms with Crippen LogP contribution in [0.4, 0.5) is 0 Å². The molecule has 2 heterocycles. The van der Waals surface area contributed by atoms with Crippen LogP contribution in [0.2, 0.25) is 5.02 Å². The summed E-state index contributed by atoms with van der Waals surface area (Å²) in [6, 6.07) is 7.78. The molecule has 170 valence electrons. The summed E-state index contributed by atoms with van der Waals surface area (Å²) in [6.07, 6.45) is 4.00. The van der Waals surface area contributed by atoms with Gasteiger partial charge in [0.1, 0.15) is 24.0 Å². The number of rotatable bonds is 8. The summed E-state index contributed by atoms with van der Waals surface area (Å²) >= 11 is 6.19. The molecular formula is C23H28ClN5O3. The molecule has 0 spiro atoms. The van der Waals surface area contributed by atoms with Crippen LogP contribution in [-0.2, 0) is 4.79 Å². The lowest BCUT2D eigenvalue weighted by atomic mass is 9.91. The van der Waals surface area contributed by atoms with E-state index >= 15 is 0 Å². The third kappa shape index (κ3) is 5.41. The van der Waals surface area contributed by atoms with E-state index in [-0.39, 0.29) is 11.8 Å². The predicted octanol–water partition coefficient (Wildman–Crippen LogP) is 2.44. The van der Waals surface area contributed by atoms with Gasteiger partial charge in [0, 0.05) is 11.3 Å². The highest BCUT2D eigenvalue weighted by atomic mass is 35.5. The highest BCUT2D eigenvalue weighted by Gasteiger charge is 2.33. The highest BCUT2D eigenvalue weighted by molar-refractivity contribution is 6.35. The number of aliphatic hydroxyl groups excluding tert-OH is 1. The van der Waals surface area contributed by atoms with Gasteiger partial charge in [0.25, 0.3) is 5.91 Å². The number of fused-ring (bicyclic) bond motifs is 1. The summed E-state index contributed by atoms with van der Waals surface area (Å²) < 4.78 is 0. The van der Waals surface area contributed by atoms with Crippen molar-refractivity contribution in [3.05, 3.63) is 35.0 Å². The first kappa shape index (κ1) is 22.6. The molecule has 2 aliphatic rings. The second-order valence-corrected chi connectivity index (χ2v) is 9.23. The van der Waals surface area contributed by atoms with E-state index in [0.717, 1.165) is 37.6 Å². The molecule has 32 heavy (non-hydrogen) atoms. The summed E-state index contributed by atoms with van der Waals surface area (Å²) in [5, 5.41) is 29.6. The van der Waals surface area contributed by atoms with Crippen molar-refractivity contribution >= 4 is 34.3 Å². The number of carbonyl (C=O) groups excluding carboxylic acids is 2. The first-order valence-electron chi connectivity index (χ1n) is 11.1. The van der Waals surface area contributed by atoms with Crippen LogP contribution in [0.25, 0.3) is 10.9 Å². The van der Waals surface area contributed by atoms with Crippen LogP contribution >= 0.6 is 11.6 Å². The van der Waals surface area contributed by atoms with Gasteiger partial charge in [-0.15, -0.1) is 0 Å². The Bertz CT molecular complexity index is 1030. The average Bonchev–Trinajstić information content (AvgIpc) is 3.48. The van der Waals surface area contributed by atoms with E-state index in [1.807, 2.05) is 12.1 Å². The zero-order valence-corrected chi connectivity index (χ0v) is 18.5. The third-order valence-corrected chi connectivity index (χ3v) is 6.62. The Morgan fingerprint density at radius 2 is 2.06 bits per heavy atom. The van der Waals surface area contributed by atoms with E-state index in [9.17, 15) is 20.0 Å². The van der Waals surface area contributed by atoms with Crippen LogP contribution < -0.4 is 16.0 Å². The average molecular weight is 458 g/mol. The van der Waals surface area contributed by atoms with E-state index in [1.54, 1.807) is 12.1 Å². The monoisotopic (exact) mass is 457 g/mol. The molecule has 4 rings (SSSR count). The van der Waals surface area contributed by atoms with Crippen molar-refractivity contribution in [2.45, 2.75) is 56.8 Å². The summed E-state index contributed by atoms with van der Waals surface area (Å²) in [6.45, 7) is 0.746. The second-order valence-electron chi connectivity index (χ2n) is 8.82. The molecule has 8 nitrogen and oxygen atoms in total. The first-order valence-corrected chi connectivity index (χ1v) is 11.5. The summed E-state index contributed by atoms with van der Waals surface area (Å²) in [4.78, 5) is 28.9. The minimum absolute atomic E-state index is 0.0960. The van der Waals surface area contributed by atoms with Crippen LogP contribution in [0, 0.1) is 23.2 Å². The number of halogens is 1. The van der Waals surface area contributed by atoms with Gasteiger partial charge in [-0.1, -0.05) is 36.6 Å². The molecule has 4 atom stereocenters. The molecule has 1 saturated carbocycles. The van der Waals surface area contributed by atoms with Crippen LogP contribution in [0.15, 0.2) is 24.3 Å². The molecule has 0 radical (unpaired) electrons. The van der Waals surface area contributed by atoms with Crippen LogP contribution in [0.1, 0.15) is 49.0 Å². The van der Waals surface area contributed by atoms with Gasteiger partial charge in [-0.05, 0) is 50.3 Å². The third-order valence-electron chi connectivity index (χ3n) is 6.30. The van der Waals surface area contributed by atoms with E-state index in [1.165, 1.54) is 0 Å². The normalized spacial score (nSPS) is 22.7. The number of benzene rings is 1. The zero-order chi connectivity index (χ0) is 22.7. The molecule has 0 bridgehead atoms. The van der Waals surface area contributed by atoms with Crippen molar-refractivity contribution in [3.63, 3.8) is 0 Å². The quantitative estimate of drug-likeness (QED) is 0.415. The van der Waals surface area contributed by atoms with Gasteiger partial charge in [-0.25, -0.2) is 0 Å². The van der Waals surface area contributed by atoms with Crippen molar-refractivity contribution in [2.24, 2.45) is 11.8 Å². The number of hydrogen-bond donors (Lipinski definition) is 5. The molecule has 1 unspecified atom stereocenters. The van der Waals surface area contributed by atoms with Crippen molar-refractivity contribution in [1.82, 2.24) is 20.9 Å². The largest absolute Gasteiger partial charge is 0.378 e. The van der Waals surface area contributed by atoms with Crippen molar-refractivity contribution in [3.8, 4) is 6.07 Å². The Kier molecular flexibility index (Phi) is 6.99. The Labute approximate surface area is 191 Å². The molecule has 1 aromatic heterocycles. The molecule has 1 aliphatic heterocycles. The van der Waals surface area contributed by atoms with Gasteiger partial charge >= 0.3 is 0 Å². The van der Waals surface area contributed by atoms with Gasteiger partial charge < -0.3 is 20.7 Å². The van der Waals surface area contributed by atoms with E-state index in [0.29, 0.717) is 35.0 Å². The standard InChI is InChI=1S/C23H28ClN5O3/c24-17-5-1-3-14-11-19(28-20(14)17)23(32)29-18(9-13-6-7-13)22(31)27-16(12-25)10-15-4-2-8-26-21(15)30/h1,3,5,11,13,15-16,18,21,26,28,30H,2,4,6-10H2,(H,27,31)(H,29,32)/t15-,16-,18-,21?/m0/s1. The lowest BCUT2D eigenvalue weighted by molar-refractivity contribution is -0.123. The SMILES string of the molecule is N#C[C@H](C[C@@H]1CCCNC1O)NC(=O)[C@H](CC1CC1)NC(=O)c1cc2cccc(Cl)c2[nH]1. The molecule has 5 N–H and O–H groups in total. The molecule has 9 heteroatoms. The number of para-hydroxylation sites is 1. The topological polar surface area (TPSA) is 130 Å². The number of nitriles is 1. The smallest absolute Gasteiger partial charge is 0.268 e. The van der Waals surface area contributed by atoms with Crippen LogP contribution in [0.5, 0.6) is 0 Å². The molecular weight excluding hydrogens is 430 g/mol. The molecule has 1 saturated heterocycles. The van der Waals surface area contributed by atoms with E-state index in [4.69, 9.17) is 11.6 Å². The van der Waals surface area contributed by atoms with Gasteiger partial charge in [0.2, 0.25) is 5.91 Å². The molecule has 1 aliphatic carbocycles. The lowest BCUT2D eigenvalue weighted by Crippen LogP contribution is -2.51. The Morgan fingerprint density at radius 3 is 2.75 bits per heavy atom. The van der Waals surface area contributed by atoms with Crippen molar-refractivity contribution in [1.29, 1.82) is 5.26 Å². The Balaban J connectivity index is 1.42. The maximum Gasteiger partial charge on any atom is 0.268 e. The van der Waals surface area contributed by atoms with Gasteiger partial charge in [-0.3, -0.25) is 14.9 Å². The number of aromatic nitrogens is 1. The number of piperidine rings is 1.